The Labute approximate surface area is 139 Å². The molecule has 0 fully saturated rings. The summed E-state index contributed by atoms with van der Waals surface area (Å²) < 4.78 is 6.46. The van der Waals surface area contributed by atoms with Gasteiger partial charge in [-0.2, -0.15) is 0 Å². The van der Waals surface area contributed by atoms with Crippen molar-refractivity contribution in [1.82, 2.24) is 4.48 Å². The number of rotatable bonds is 8. The Morgan fingerprint density at radius 3 is 2.13 bits per heavy atom. The molecule has 124 valence electrons. The molecule has 3 nitrogen and oxygen atoms in total. The fourth-order valence-electron chi connectivity index (χ4n) is 2.98. The summed E-state index contributed by atoms with van der Waals surface area (Å²) in [5.41, 5.74) is 2.51. The minimum Gasteiger partial charge on any atom is -0.491 e. The number of quaternary nitrogens is 1. The lowest BCUT2D eigenvalue weighted by molar-refractivity contribution is 0.0731. The van der Waals surface area contributed by atoms with Crippen LogP contribution in [0.15, 0.2) is 54.6 Å². The van der Waals surface area contributed by atoms with Gasteiger partial charge in [-0.25, -0.2) is 0 Å². The summed E-state index contributed by atoms with van der Waals surface area (Å²) in [4.78, 5) is 0. The summed E-state index contributed by atoms with van der Waals surface area (Å²) in [7, 11) is 0. The molecule has 1 N–H and O–H groups in total. The average Bonchev–Trinajstić information content (AvgIpc) is 2.60. The molecule has 0 radical (unpaired) electrons. The standard InChI is InChI=1S/C20H28NO2/c1-4-21(5-2,18-13-11-17(3)12-14-18)15-19(22)16-23-20-9-7-6-8-10-20/h6-14,19,22H,4-5,15-16H2,1-3H3/q+1. The third kappa shape index (κ3) is 4.57. The monoisotopic (exact) mass is 314 g/mol. The van der Waals surface area contributed by atoms with Crippen LogP contribution in [0.3, 0.4) is 0 Å². The minimum atomic E-state index is -0.503. The molecule has 0 saturated heterocycles. The highest BCUT2D eigenvalue weighted by Crippen LogP contribution is 2.24. The maximum absolute atomic E-state index is 10.5. The molecular formula is C20H28NO2+. The van der Waals surface area contributed by atoms with Crippen molar-refractivity contribution in [2.24, 2.45) is 0 Å². The molecule has 0 saturated carbocycles. The Balaban J connectivity index is 2.04. The number of hydrogen-bond acceptors (Lipinski definition) is 2. The summed E-state index contributed by atoms with van der Waals surface area (Å²) in [6, 6.07) is 18.3. The maximum atomic E-state index is 10.5. The van der Waals surface area contributed by atoms with Gasteiger partial charge in [0.15, 0.2) is 0 Å². The second kappa shape index (κ2) is 8.14. The molecule has 2 rings (SSSR count). The molecule has 2 aromatic rings. The SMILES string of the molecule is CC[N+](CC)(CC(O)COc1ccccc1)c1ccc(C)cc1. The number of nitrogens with zero attached hydrogens (tertiary/aromatic N) is 1. The Morgan fingerprint density at radius 1 is 0.957 bits per heavy atom. The zero-order chi connectivity index (χ0) is 16.7. The van der Waals surface area contributed by atoms with E-state index >= 15 is 0 Å². The predicted molar refractivity (Wildman–Crippen MR) is 96.9 cm³/mol. The molecule has 0 bridgehead atoms. The van der Waals surface area contributed by atoms with Crippen LogP contribution in [0.2, 0.25) is 0 Å². The van der Waals surface area contributed by atoms with E-state index in [0.717, 1.165) is 23.3 Å². The number of ether oxygens (including phenoxy) is 1. The lowest BCUT2D eigenvalue weighted by Crippen LogP contribution is -2.54. The van der Waals surface area contributed by atoms with Crippen LogP contribution < -0.4 is 9.22 Å². The van der Waals surface area contributed by atoms with Gasteiger partial charge in [-0.05, 0) is 45.0 Å². The zero-order valence-corrected chi connectivity index (χ0v) is 14.4. The number of aryl methyl sites for hydroxylation is 1. The quantitative estimate of drug-likeness (QED) is 0.751. The molecule has 0 aliphatic carbocycles. The molecular weight excluding hydrogens is 286 g/mol. The van der Waals surface area contributed by atoms with Gasteiger partial charge < -0.3 is 9.84 Å². The molecule has 3 heteroatoms. The molecule has 0 aliphatic rings. The largest absolute Gasteiger partial charge is 0.491 e. The van der Waals surface area contributed by atoms with Crippen molar-refractivity contribution in [3.05, 3.63) is 60.2 Å². The van der Waals surface area contributed by atoms with Gasteiger partial charge in [0.05, 0.1) is 13.1 Å². The molecule has 0 heterocycles. The summed E-state index contributed by atoms with van der Waals surface area (Å²) in [6.07, 6.45) is -0.503. The second-order valence-electron chi connectivity index (χ2n) is 6.07. The lowest BCUT2D eigenvalue weighted by Gasteiger charge is -2.38. The maximum Gasteiger partial charge on any atom is 0.137 e. The van der Waals surface area contributed by atoms with Crippen molar-refractivity contribution in [2.45, 2.75) is 26.9 Å². The molecule has 1 atom stereocenters. The van der Waals surface area contributed by atoms with Crippen LogP contribution >= 0.6 is 0 Å². The average molecular weight is 314 g/mol. The number of aliphatic hydroxyl groups excluding tert-OH is 1. The van der Waals surface area contributed by atoms with Gasteiger partial charge in [-0.1, -0.05) is 35.9 Å². The van der Waals surface area contributed by atoms with E-state index in [1.807, 2.05) is 30.3 Å². The van der Waals surface area contributed by atoms with E-state index in [2.05, 4.69) is 45.0 Å². The first-order chi connectivity index (χ1) is 11.1. The third-order valence-electron chi connectivity index (χ3n) is 4.54. The highest BCUT2D eigenvalue weighted by Gasteiger charge is 2.30. The van der Waals surface area contributed by atoms with Crippen molar-refractivity contribution in [2.75, 3.05) is 26.2 Å². The Kier molecular flexibility index (Phi) is 6.20. The minimum absolute atomic E-state index is 0.315. The van der Waals surface area contributed by atoms with Crippen LogP contribution in [-0.2, 0) is 0 Å². The van der Waals surface area contributed by atoms with E-state index in [1.165, 1.54) is 11.3 Å². The van der Waals surface area contributed by atoms with Gasteiger partial charge in [-0.15, -0.1) is 0 Å². The molecule has 0 aliphatic heterocycles. The topological polar surface area (TPSA) is 29.5 Å². The van der Waals surface area contributed by atoms with Crippen LogP contribution in [0.25, 0.3) is 0 Å². The van der Waals surface area contributed by atoms with E-state index < -0.39 is 6.10 Å². The molecule has 1 unspecified atom stereocenters. The van der Waals surface area contributed by atoms with Gasteiger partial charge in [0, 0.05) is 0 Å². The van der Waals surface area contributed by atoms with E-state index in [0.29, 0.717) is 13.2 Å². The van der Waals surface area contributed by atoms with Crippen molar-refractivity contribution >= 4 is 5.69 Å². The van der Waals surface area contributed by atoms with Crippen molar-refractivity contribution < 1.29 is 9.84 Å². The fourth-order valence-corrected chi connectivity index (χ4v) is 2.98. The van der Waals surface area contributed by atoms with Crippen molar-refractivity contribution in [3.8, 4) is 5.75 Å². The van der Waals surface area contributed by atoms with Crippen LogP contribution in [0.4, 0.5) is 5.69 Å². The first-order valence-corrected chi connectivity index (χ1v) is 8.39. The highest BCUT2D eigenvalue weighted by molar-refractivity contribution is 5.44. The number of likely N-dealkylation sites (N-methyl/N-ethyl adjacent to an activating group) is 1. The molecule has 0 aromatic heterocycles. The van der Waals surface area contributed by atoms with E-state index in [9.17, 15) is 5.11 Å². The van der Waals surface area contributed by atoms with E-state index in [4.69, 9.17) is 4.74 Å². The van der Waals surface area contributed by atoms with Gasteiger partial charge >= 0.3 is 0 Å². The van der Waals surface area contributed by atoms with Crippen molar-refractivity contribution in [1.29, 1.82) is 0 Å². The Hall–Kier alpha value is -1.84. The number of hydrogen-bond donors (Lipinski definition) is 1. The van der Waals surface area contributed by atoms with Gasteiger partial charge in [0.2, 0.25) is 0 Å². The highest BCUT2D eigenvalue weighted by atomic mass is 16.5. The summed E-state index contributed by atoms with van der Waals surface area (Å²) in [6.45, 7) is 9.31. The second-order valence-corrected chi connectivity index (χ2v) is 6.07. The normalized spacial score (nSPS) is 12.9. The number of para-hydroxylation sites is 1. The summed E-state index contributed by atoms with van der Waals surface area (Å²) >= 11 is 0. The predicted octanol–water partition coefficient (Wildman–Crippen LogP) is 3.78. The molecule has 2 aromatic carbocycles. The van der Waals surface area contributed by atoms with Gasteiger partial charge in [-0.3, -0.25) is 4.48 Å². The fraction of sp³-hybridized carbons (Fsp3) is 0.400. The van der Waals surface area contributed by atoms with Crippen LogP contribution in [0.5, 0.6) is 5.75 Å². The smallest absolute Gasteiger partial charge is 0.137 e. The van der Waals surface area contributed by atoms with Crippen molar-refractivity contribution in [3.63, 3.8) is 0 Å². The van der Waals surface area contributed by atoms with Crippen LogP contribution in [0, 0.1) is 6.92 Å². The zero-order valence-electron chi connectivity index (χ0n) is 14.4. The Bertz CT molecular complexity index is 576. The molecule has 0 spiro atoms. The first-order valence-electron chi connectivity index (χ1n) is 8.39. The number of aliphatic hydroxyl groups is 1. The summed E-state index contributed by atoms with van der Waals surface area (Å²) in [5, 5.41) is 10.5. The molecule has 0 amide bonds. The van der Waals surface area contributed by atoms with Crippen LogP contribution in [-0.4, -0.2) is 37.5 Å². The van der Waals surface area contributed by atoms with E-state index in [-0.39, 0.29) is 0 Å². The summed E-state index contributed by atoms with van der Waals surface area (Å²) in [5.74, 6) is 0.799. The molecule has 23 heavy (non-hydrogen) atoms. The Morgan fingerprint density at radius 2 is 1.57 bits per heavy atom. The van der Waals surface area contributed by atoms with Gasteiger partial charge in [0.25, 0.3) is 0 Å². The third-order valence-corrected chi connectivity index (χ3v) is 4.54. The number of benzene rings is 2. The van der Waals surface area contributed by atoms with E-state index in [1.54, 1.807) is 0 Å². The van der Waals surface area contributed by atoms with Crippen LogP contribution in [0.1, 0.15) is 19.4 Å². The van der Waals surface area contributed by atoms with Gasteiger partial charge in [0.1, 0.15) is 30.7 Å². The lowest BCUT2D eigenvalue weighted by atomic mass is 10.1. The first kappa shape index (κ1) is 17.5.